The lowest BCUT2D eigenvalue weighted by atomic mass is 10.2. The molecule has 0 spiro atoms. The zero-order valence-corrected chi connectivity index (χ0v) is 18.8. The van der Waals surface area contributed by atoms with E-state index >= 15 is 0 Å². The third-order valence-corrected chi connectivity index (χ3v) is 7.18. The van der Waals surface area contributed by atoms with Crippen LogP contribution in [-0.4, -0.2) is 88.3 Å². The molecule has 0 aliphatic carbocycles. The van der Waals surface area contributed by atoms with Crippen molar-refractivity contribution in [1.29, 1.82) is 0 Å². The Labute approximate surface area is 193 Å². The number of alkyl halides is 3. The summed E-state index contributed by atoms with van der Waals surface area (Å²) in [5, 5.41) is 17.8. The fourth-order valence-electron chi connectivity index (χ4n) is 4.08. The molecule has 0 unspecified atom stereocenters. The summed E-state index contributed by atoms with van der Waals surface area (Å²) in [5.41, 5.74) is 0.488. The van der Waals surface area contributed by atoms with Crippen LogP contribution >= 0.6 is 0 Å². The number of hydrogen-bond donors (Lipinski definition) is 2. The Balaban J connectivity index is 1.55. The monoisotopic (exact) mass is 497 g/mol. The molecule has 0 bridgehead atoms. The van der Waals surface area contributed by atoms with Crippen LogP contribution in [-0.2, 0) is 10.0 Å². The standard InChI is InChI=1S/C20H22F3N7O3S/c1-34(32,33)29-7-12(8-29)25-20-26-18(28-9-15(21)16(31)10-28)14-6-24-30(19(14)27-20)13-4-2-3-11(5-13)17(22)23/h2-6,12,15-17,31H,7-10H2,1H3,(H,25,26,27)/t15-,16-/m1/s1. The molecule has 2 atom stereocenters. The predicted molar refractivity (Wildman–Crippen MR) is 119 cm³/mol. The molecule has 14 heteroatoms. The molecule has 4 heterocycles. The van der Waals surface area contributed by atoms with Crippen molar-refractivity contribution in [2.24, 2.45) is 0 Å². The number of aliphatic hydroxyl groups is 1. The van der Waals surface area contributed by atoms with Gasteiger partial charge >= 0.3 is 0 Å². The van der Waals surface area contributed by atoms with Gasteiger partial charge in [0.05, 0.1) is 36.1 Å². The summed E-state index contributed by atoms with van der Waals surface area (Å²) in [4.78, 5) is 10.6. The lowest BCUT2D eigenvalue weighted by molar-refractivity contribution is 0.118. The Morgan fingerprint density at radius 2 is 1.94 bits per heavy atom. The molecule has 2 saturated heterocycles. The summed E-state index contributed by atoms with van der Waals surface area (Å²) in [6, 6.07) is 5.48. The van der Waals surface area contributed by atoms with Gasteiger partial charge in [-0.1, -0.05) is 12.1 Å². The van der Waals surface area contributed by atoms with E-state index in [1.54, 1.807) is 11.0 Å². The predicted octanol–water partition coefficient (Wildman–Crippen LogP) is 1.33. The normalized spacial score (nSPS) is 22.0. The van der Waals surface area contributed by atoms with Crippen molar-refractivity contribution in [2.45, 2.75) is 24.7 Å². The van der Waals surface area contributed by atoms with E-state index < -0.39 is 28.7 Å². The molecule has 5 rings (SSSR count). The molecule has 2 aliphatic heterocycles. The highest BCUT2D eigenvalue weighted by Crippen LogP contribution is 2.31. The summed E-state index contributed by atoms with van der Waals surface area (Å²) < 4.78 is 66.5. The minimum absolute atomic E-state index is 0.0179. The molecule has 34 heavy (non-hydrogen) atoms. The topological polar surface area (TPSA) is 116 Å². The Kier molecular flexibility index (Phi) is 5.61. The number of nitrogens with zero attached hydrogens (tertiary/aromatic N) is 6. The molecule has 2 aliphatic rings. The largest absolute Gasteiger partial charge is 0.388 e. The molecule has 2 N–H and O–H groups in total. The summed E-state index contributed by atoms with van der Waals surface area (Å²) in [5.74, 6) is 0.492. The van der Waals surface area contributed by atoms with Gasteiger partial charge in [0.1, 0.15) is 18.1 Å². The lowest BCUT2D eigenvalue weighted by Crippen LogP contribution is -2.56. The van der Waals surface area contributed by atoms with E-state index in [4.69, 9.17) is 0 Å². The molecule has 2 aromatic heterocycles. The molecule has 2 fully saturated rings. The van der Waals surface area contributed by atoms with E-state index in [-0.39, 0.29) is 43.7 Å². The van der Waals surface area contributed by atoms with Crippen molar-refractivity contribution in [3.63, 3.8) is 0 Å². The lowest BCUT2D eigenvalue weighted by Gasteiger charge is -2.37. The summed E-state index contributed by atoms with van der Waals surface area (Å²) in [7, 11) is -3.30. The number of fused-ring (bicyclic) bond motifs is 1. The number of nitrogens with one attached hydrogen (secondary N) is 1. The molecule has 0 radical (unpaired) electrons. The van der Waals surface area contributed by atoms with E-state index in [0.29, 0.717) is 22.5 Å². The van der Waals surface area contributed by atoms with Gasteiger partial charge in [-0.2, -0.15) is 19.4 Å². The zero-order chi connectivity index (χ0) is 24.2. The number of benzene rings is 1. The van der Waals surface area contributed by atoms with E-state index in [1.165, 1.54) is 33.4 Å². The molecular weight excluding hydrogens is 475 g/mol. The van der Waals surface area contributed by atoms with Crippen molar-refractivity contribution in [1.82, 2.24) is 24.1 Å². The van der Waals surface area contributed by atoms with Gasteiger partial charge < -0.3 is 15.3 Å². The Hall–Kier alpha value is -2.97. The third kappa shape index (κ3) is 4.16. The van der Waals surface area contributed by atoms with E-state index in [9.17, 15) is 26.7 Å². The van der Waals surface area contributed by atoms with Crippen molar-refractivity contribution < 1.29 is 26.7 Å². The van der Waals surface area contributed by atoms with Gasteiger partial charge in [0.25, 0.3) is 6.43 Å². The van der Waals surface area contributed by atoms with Crippen LogP contribution in [0.25, 0.3) is 16.7 Å². The highest BCUT2D eigenvalue weighted by molar-refractivity contribution is 7.88. The highest BCUT2D eigenvalue weighted by atomic mass is 32.2. The quantitative estimate of drug-likeness (QED) is 0.524. The highest BCUT2D eigenvalue weighted by Gasteiger charge is 2.36. The number of halogens is 3. The van der Waals surface area contributed by atoms with Crippen LogP contribution in [0.5, 0.6) is 0 Å². The summed E-state index contributed by atoms with van der Waals surface area (Å²) in [6.07, 6.45) is -2.69. The number of rotatable bonds is 6. The SMILES string of the molecule is CS(=O)(=O)N1CC(Nc2nc(N3C[C@@H](O)[C@H](F)C3)c3cnn(-c4cccc(C(F)F)c4)c3n2)C1. The summed E-state index contributed by atoms with van der Waals surface area (Å²) in [6.45, 7) is 0.411. The van der Waals surface area contributed by atoms with Crippen molar-refractivity contribution in [3.8, 4) is 5.69 Å². The Morgan fingerprint density at radius 3 is 2.59 bits per heavy atom. The number of sulfonamides is 1. The Bertz CT molecular complexity index is 1320. The van der Waals surface area contributed by atoms with Gasteiger partial charge in [-0.25, -0.2) is 26.3 Å². The molecule has 1 aromatic carbocycles. The zero-order valence-electron chi connectivity index (χ0n) is 18.0. The van der Waals surface area contributed by atoms with Gasteiger partial charge in [0.15, 0.2) is 5.65 Å². The van der Waals surface area contributed by atoms with Crippen LogP contribution in [0.15, 0.2) is 30.5 Å². The maximum absolute atomic E-state index is 14.1. The van der Waals surface area contributed by atoms with Gasteiger partial charge in [-0.05, 0) is 12.1 Å². The second-order valence-electron chi connectivity index (χ2n) is 8.47. The maximum Gasteiger partial charge on any atom is 0.263 e. The van der Waals surface area contributed by atoms with Crippen LogP contribution in [0, 0.1) is 0 Å². The number of anilines is 2. The number of β-amino-alcohol motifs (C(OH)–C–C–N with tert-alkyl or cyclic N) is 1. The van der Waals surface area contributed by atoms with Crippen LogP contribution in [0.2, 0.25) is 0 Å². The second-order valence-corrected chi connectivity index (χ2v) is 10.5. The molecule has 0 amide bonds. The first-order valence-electron chi connectivity index (χ1n) is 10.5. The number of aliphatic hydroxyl groups excluding tert-OH is 1. The smallest absolute Gasteiger partial charge is 0.263 e. The Morgan fingerprint density at radius 1 is 1.18 bits per heavy atom. The fourth-order valence-corrected chi connectivity index (χ4v) is 4.98. The first-order valence-corrected chi connectivity index (χ1v) is 12.4. The first kappa shape index (κ1) is 22.8. The van der Waals surface area contributed by atoms with Crippen molar-refractivity contribution in [3.05, 3.63) is 36.0 Å². The molecular formula is C20H22F3N7O3S. The van der Waals surface area contributed by atoms with Crippen LogP contribution in [0.3, 0.4) is 0 Å². The molecule has 10 nitrogen and oxygen atoms in total. The van der Waals surface area contributed by atoms with Gasteiger partial charge in [-0.15, -0.1) is 0 Å². The average molecular weight is 498 g/mol. The van der Waals surface area contributed by atoms with Crippen molar-refractivity contribution in [2.75, 3.05) is 42.7 Å². The minimum atomic E-state index is -3.30. The van der Waals surface area contributed by atoms with Crippen molar-refractivity contribution >= 4 is 32.8 Å². The third-order valence-electron chi connectivity index (χ3n) is 5.94. The van der Waals surface area contributed by atoms with E-state index in [1.807, 2.05) is 0 Å². The van der Waals surface area contributed by atoms with E-state index in [2.05, 4.69) is 20.4 Å². The van der Waals surface area contributed by atoms with E-state index in [0.717, 1.165) is 6.26 Å². The number of aromatic nitrogens is 4. The van der Waals surface area contributed by atoms with Gasteiger partial charge in [0, 0.05) is 25.2 Å². The molecule has 182 valence electrons. The van der Waals surface area contributed by atoms with Crippen LogP contribution in [0.4, 0.5) is 24.9 Å². The van der Waals surface area contributed by atoms with Crippen LogP contribution in [0.1, 0.15) is 12.0 Å². The first-order chi connectivity index (χ1) is 16.1. The second kappa shape index (κ2) is 8.36. The average Bonchev–Trinajstić information content (AvgIpc) is 3.32. The van der Waals surface area contributed by atoms with Gasteiger partial charge in [0.2, 0.25) is 16.0 Å². The van der Waals surface area contributed by atoms with Gasteiger partial charge in [-0.3, -0.25) is 0 Å². The molecule has 3 aromatic rings. The fraction of sp³-hybridized carbons (Fsp3) is 0.450. The number of hydrogen-bond acceptors (Lipinski definition) is 8. The minimum Gasteiger partial charge on any atom is -0.388 e. The summed E-state index contributed by atoms with van der Waals surface area (Å²) >= 11 is 0. The van der Waals surface area contributed by atoms with Crippen LogP contribution < -0.4 is 10.2 Å². The molecule has 0 saturated carbocycles. The maximum atomic E-state index is 14.1.